The number of para-hydroxylation sites is 2. The van der Waals surface area contributed by atoms with E-state index in [1.54, 1.807) is 38.4 Å². The molecule has 7 nitrogen and oxygen atoms in total. The van der Waals surface area contributed by atoms with Crippen LogP contribution in [-0.2, 0) is 11.8 Å². The number of likely N-dealkylation sites (N-methyl/N-ethyl adjacent to an activating group) is 1. The Hall–Kier alpha value is -3.27. The fraction of sp³-hybridized carbons (Fsp3) is 0.235. The Labute approximate surface area is 139 Å². The molecule has 1 atom stereocenters. The average Bonchev–Trinajstić information content (AvgIpc) is 2.93. The molecule has 1 unspecified atom stereocenters. The van der Waals surface area contributed by atoms with Gasteiger partial charge >= 0.3 is 0 Å². The van der Waals surface area contributed by atoms with E-state index in [-0.39, 0.29) is 12.5 Å². The molecule has 0 saturated heterocycles. The monoisotopic (exact) mass is 324 g/mol. The number of rotatable bonds is 2. The number of aromatic nitrogens is 1. The van der Waals surface area contributed by atoms with Gasteiger partial charge in [0, 0.05) is 14.1 Å². The smallest absolute Gasteiger partial charge is 0.268 e. The average molecular weight is 324 g/mol. The van der Waals surface area contributed by atoms with Crippen molar-refractivity contribution >= 4 is 17.5 Å². The van der Waals surface area contributed by atoms with Crippen LogP contribution in [0.1, 0.15) is 16.2 Å². The second-order valence-electron chi connectivity index (χ2n) is 5.48. The number of fused-ring (bicyclic) bond motifs is 1. The topological polar surface area (TPSA) is 87.4 Å². The summed E-state index contributed by atoms with van der Waals surface area (Å²) in [6.45, 7) is 0.0431. The van der Waals surface area contributed by atoms with Crippen LogP contribution in [-0.4, -0.2) is 36.1 Å². The number of hydrogen-bond donors (Lipinski definition) is 1. The summed E-state index contributed by atoms with van der Waals surface area (Å²) >= 11 is 0. The van der Waals surface area contributed by atoms with Gasteiger partial charge < -0.3 is 19.5 Å². The van der Waals surface area contributed by atoms with Crippen LogP contribution < -0.4 is 15.0 Å². The minimum atomic E-state index is -0.810. The van der Waals surface area contributed by atoms with Crippen molar-refractivity contribution in [1.82, 2.24) is 9.88 Å². The van der Waals surface area contributed by atoms with Crippen LogP contribution >= 0.6 is 0 Å². The third-order valence-corrected chi connectivity index (χ3v) is 4.04. The molecule has 0 bridgehead atoms. The molecular formula is C17H16N4O3. The molecule has 1 aliphatic rings. The number of nitriles is 1. The van der Waals surface area contributed by atoms with Crippen LogP contribution in [0.4, 0.5) is 5.69 Å². The van der Waals surface area contributed by atoms with E-state index in [9.17, 15) is 9.59 Å². The third-order valence-electron chi connectivity index (χ3n) is 4.04. The number of amides is 2. The molecule has 1 aliphatic heterocycles. The zero-order chi connectivity index (χ0) is 17.3. The van der Waals surface area contributed by atoms with Crippen molar-refractivity contribution in [2.45, 2.75) is 6.04 Å². The first kappa shape index (κ1) is 15.6. The molecule has 3 rings (SSSR count). The predicted octanol–water partition coefficient (Wildman–Crippen LogP) is 1.05. The number of anilines is 1. The summed E-state index contributed by atoms with van der Waals surface area (Å²) in [6, 6.07) is 11.5. The van der Waals surface area contributed by atoms with Gasteiger partial charge in [-0.15, -0.1) is 0 Å². The number of carbonyl (C=O) groups is 2. The SMILES string of the molecule is CN1C(=O)C(NC(=O)c2ccc(C#N)n2C)COc2ccccc21. The van der Waals surface area contributed by atoms with Gasteiger partial charge in [-0.05, 0) is 24.3 Å². The van der Waals surface area contributed by atoms with E-state index in [1.807, 2.05) is 18.2 Å². The first-order chi connectivity index (χ1) is 11.5. The third kappa shape index (κ3) is 2.58. The minimum Gasteiger partial charge on any atom is -0.489 e. The number of hydrogen-bond acceptors (Lipinski definition) is 4. The molecule has 0 spiro atoms. The van der Waals surface area contributed by atoms with Crippen LogP contribution in [0.2, 0.25) is 0 Å². The van der Waals surface area contributed by atoms with Crippen LogP contribution in [0.25, 0.3) is 0 Å². The van der Waals surface area contributed by atoms with Crippen molar-refractivity contribution in [3.63, 3.8) is 0 Å². The van der Waals surface area contributed by atoms with E-state index in [0.717, 1.165) is 0 Å². The Morgan fingerprint density at radius 2 is 2.04 bits per heavy atom. The Bertz CT molecular complexity index is 850. The standard InChI is InChI=1S/C17H16N4O3/c1-20-11(9-18)7-8-14(20)16(22)19-12-10-24-15-6-4-3-5-13(15)21(2)17(12)23/h3-8,12H,10H2,1-2H3,(H,19,22). The Kier molecular flexibility index (Phi) is 3.96. The lowest BCUT2D eigenvalue weighted by Crippen LogP contribution is -2.49. The van der Waals surface area contributed by atoms with Crippen LogP contribution in [0.5, 0.6) is 5.75 Å². The molecule has 7 heteroatoms. The molecule has 0 fully saturated rings. The summed E-state index contributed by atoms with van der Waals surface area (Å²) < 4.78 is 7.14. The second-order valence-corrected chi connectivity index (χ2v) is 5.48. The summed E-state index contributed by atoms with van der Waals surface area (Å²) in [7, 11) is 3.27. The van der Waals surface area contributed by atoms with Gasteiger partial charge in [0.2, 0.25) is 0 Å². The van der Waals surface area contributed by atoms with E-state index in [1.165, 1.54) is 9.47 Å². The molecule has 1 N–H and O–H groups in total. The molecule has 2 aromatic rings. The van der Waals surface area contributed by atoms with Gasteiger partial charge in [0.05, 0.1) is 5.69 Å². The van der Waals surface area contributed by atoms with Crippen molar-refractivity contribution in [2.75, 3.05) is 18.6 Å². The van der Waals surface area contributed by atoms with Gasteiger partial charge in [-0.2, -0.15) is 5.26 Å². The Balaban J connectivity index is 1.81. The molecule has 2 heterocycles. The minimum absolute atomic E-state index is 0.0431. The summed E-state index contributed by atoms with van der Waals surface area (Å²) in [5.74, 6) is -0.0981. The lowest BCUT2D eigenvalue weighted by molar-refractivity contribution is -0.120. The normalized spacial score (nSPS) is 16.6. The van der Waals surface area contributed by atoms with E-state index in [0.29, 0.717) is 22.8 Å². The first-order valence-corrected chi connectivity index (χ1v) is 7.39. The Morgan fingerprint density at radius 3 is 2.75 bits per heavy atom. The summed E-state index contributed by atoms with van der Waals surface area (Å²) in [6.07, 6.45) is 0. The molecule has 1 aromatic heterocycles. The highest BCUT2D eigenvalue weighted by atomic mass is 16.5. The van der Waals surface area contributed by atoms with E-state index < -0.39 is 11.9 Å². The number of nitrogens with one attached hydrogen (secondary N) is 1. The number of ether oxygens (including phenoxy) is 1. The molecule has 1 aromatic carbocycles. The van der Waals surface area contributed by atoms with E-state index in [2.05, 4.69) is 5.32 Å². The quantitative estimate of drug-likeness (QED) is 0.894. The largest absolute Gasteiger partial charge is 0.489 e. The van der Waals surface area contributed by atoms with E-state index in [4.69, 9.17) is 10.00 Å². The van der Waals surface area contributed by atoms with Gasteiger partial charge in [0.15, 0.2) is 0 Å². The van der Waals surface area contributed by atoms with Crippen molar-refractivity contribution < 1.29 is 14.3 Å². The summed E-state index contributed by atoms with van der Waals surface area (Å²) in [5, 5.41) is 11.6. The molecule has 0 radical (unpaired) electrons. The highest BCUT2D eigenvalue weighted by Gasteiger charge is 2.31. The second kappa shape index (κ2) is 6.08. The van der Waals surface area contributed by atoms with Crippen molar-refractivity contribution in [3.05, 3.63) is 47.8 Å². The number of carbonyl (C=O) groups excluding carboxylic acids is 2. The maximum absolute atomic E-state index is 12.6. The van der Waals surface area contributed by atoms with Crippen LogP contribution in [0, 0.1) is 11.3 Å². The molecule has 0 saturated carbocycles. The fourth-order valence-corrected chi connectivity index (χ4v) is 2.64. The molecule has 2 amide bonds. The molecule has 122 valence electrons. The highest BCUT2D eigenvalue weighted by molar-refractivity contribution is 6.03. The number of nitrogens with zero attached hydrogens (tertiary/aromatic N) is 3. The fourth-order valence-electron chi connectivity index (χ4n) is 2.64. The molecule has 24 heavy (non-hydrogen) atoms. The lowest BCUT2D eigenvalue weighted by atomic mass is 10.2. The van der Waals surface area contributed by atoms with Crippen molar-refractivity contribution in [2.24, 2.45) is 7.05 Å². The summed E-state index contributed by atoms with van der Waals surface area (Å²) in [5.41, 5.74) is 1.33. The first-order valence-electron chi connectivity index (χ1n) is 7.39. The summed E-state index contributed by atoms with van der Waals surface area (Å²) in [4.78, 5) is 26.5. The van der Waals surface area contributed by atoms with Crippen LogP contribution in [0.15, 0.2) is 36.4 Å². The van der Waals surface area contributed by atoms with Crippen molar-refractivity contribution in [1.29, 1.82) is 5.26 Å². The van der Waals surface area contributed by atoms with Gasteiger partial charge in [-0.1, -0.05) is 12.1 Å². The highest BCUT2D eigenvalue weighted by Crippen LogP contribution is 2.29. The van der Waals surface area contributed by atoms with Crippen molar-refractivity contribution in [3.8, 4) is 11.8 Å². The van der Waals surface area contributed by atoms with Gasteiger partial charge in [0.1, 0.15) is 35.9 Å². The predicted molar refractivity (Wildman–Crippen MR) is 86.7 cm³/mol. The maximum Gasteiger partial charge on any atom is 0.268 e. The zero-order valence-corrected chi connectivity index (χ0v) is 13.3. The van der Waals surface area contributed by atoms with Gasteiger partial charge in [-0.3, -0.25) is 9.59 Å². The molecule has 0 aliphatic carbocycles. The maximum atomic E-state index is 12.6. The van der Waals surface area contributed by atoms with Crippen LogP contribution in [0.3, 0.4) is 0 Å². The van der Waals surface area contributed by atoms with E-state index >= 15 is 0 Å². The Morgan fingerprint density at radius 1 is 1.29 bits per heavy atom. The lowest BCUT2D eigenvalue weighted by Gasteiger charge is -2.20. The zero-order valence-electron chi connectivity index (χ0n) is 13.3. The van der Waals surface area contributed by atoms with Gasteiger partial charge in [-0.25, -0.2) is 0 Å². The number of benzene rings is 1. The molecular weight excluding hydrogens is 308 g/mol. The van der Waals surface area contributed by atoms with Gasteiger partial charge in [0.25, 0.3) is 11.8 Å².